The lowest BCUT2D eigenvalue weighted by molar-refractivity contribution is -0.138. The molecule has 0 bridgehead atoms. The first kappa shape index (κ1) is 19.0. The van der Waals surface area contributed by atoms with Crippen molar-refractivity contribution in [2.75, 3.05) is 19.6 Å². The summed E-state index contributed by atoms with van der Waals surface area (Å²) in [6, 6.07) is 5.23. The smallest absolute Gasteiger partial charge is 0.338 e. The number of ether oxygens (including phenoxy) is 1. The highest BCUT2D eigenvalue weighted by Crippen LogP contribution is 2.14. The summed E-state index contributed by atoms with van der Waals surface area (Å²) < 4.78 is 31.2. The van der Waals surface area contributed by atoms with Crippen LogP contribution in [0.1, 0.15) is 30.1 Å². The first-order valence-corrected chi connectivity index (χ1v) is 9.36. The standard InChI is InChI=1S/C17H20N2O5S/c1-3-10-18-25(22,23)15-8-6-14(7-9-15)17(21)24-13(2)16(20)19-11-4-5-12-19/h1,6-9,13,18H,4-5,10-12H2,2H3. The van der Waals surface area contributed by atoms with Gasteiger partial charge in [0.1, 0.15) is 0 Å². The van der Waals surface area contributed by atoms with Crippen molar-refractivity contribution >= 4 is 21.9 Å². The minimum absolute atomic E-state index is 0.0134. The number of nitrogens with zero attached hydrogens (tertiary/aromatic N) is 1. The van der Waals surface area contributed by atoms with E-state index in [-0.39, 0.29) is 22.9 Å². The molecule has 1 saturated heterocycles. The number of nitrogens with one attached hydrogen (secondary N) is 1. The van der Waals surface area contributed by atoms with Crippen LogP contribution < -0.4 is 4.72 Å². The summed E-state index contributed by atoms with van der Waals surface area (Å²) in [6.45, 7) is 2.76. The highest BCUT2D eigenvalue weighted by Gasteiger charge is 2.26. The molecule has 1 amide bonds. The number of esters is 1. The van der Waals surface area contributed by atoms with Crippen LogP contribution in [0.5, 0.6) is 0 Å². The highest BCUT2D eigenvalue weighted by molar-refractivity contribution is 7.89. The van der Waals surface area contributed by atoms with Gasteiger partial charge in [0.05, 0.1) is 17.0 Å². The third-order valence-corrected chi connectivity index (χ3v) is 5.23. The number of terminal acetylenes is 1. The number of carbonyl (C=O) groups excluding carboxylic acids is 2. The van der Waals surface area contributed by atoms with E-state index in [1.807, 2.05) is 0 Å². The zero-order chi connectivity index (χ0) is 18.4. The second kappa shape index (κ2) is 8.14. The molecule has 0 saturated carbocycles. The van der Waals surface area contributed by atoms with E-state index in [1.165, 1.54) is 31.2 Å². The van der Waals surface area contributed by atoms with E-state index in [0.717, 1.165) is 12.8 Å². The number of carbonyl (C=O) groups is 2. The molecule has 25 heavy (non-hydrogen) atoms. The third-order valence-electron chi connectivity index (χ3n) is 3.81. The van der Waals surface area contributed by atoms with Crippen molar-refractivity contribution in [3.05, 3.63) is 29.8 Å². The zero-order valence-corrected chi connectivity index (χ0v) is 14.7. The second-order valence-electron chi connectivity index (χ2n) is 5.63. The van der Waals surface area contributed by atoms with Gasteiger partial charge in [0.15, 0.2) is 6.10 Å². The van der Waals surface area contributed by atoms with Crippen LogP contribution in [0.3, 0.4) is 0 Å². The summed E-state index contributed by atoms with van der Waals surface area (Å²) in [5.41, 5.74) is 0.164. The predicted molar refractivity (Wildman–Crippen MR) is 91.2 cm³/mol. The van der Waals surface area contributed by atoms with Gasteiger partial charge >= 0.3 is 5.97 Å². The van der Waals surface area contributed by atoms with Crippen molar-refractivity contribution in [3.8, 4) is 12.3 Å². The van der Waals surface area contributed by atoms with Gasteiger partial charge in [-0.05, 0) is 44.0 Å². The van der Waals surface area contributed by atoms with Crippen LogP contribution in [-0.4, -0.2) is 50.9 Å². The van der Waals surface area contributed by atoms with Crippen LogP contribution in [0.15, 0.2) is 29.2 Å². The molecule has 134 valence electrons. The molecule has 7 nitrogen and oxygen atoms in total. The van der Waals surface area contributed by atoms with E-state index in [9.17, 15) is 18.0 Å². The van der Waals surface area contributed by atoms with Gasteiger partial charge < -0.3 is 9.64 Å². The molecule has 1 aromatic rings. The van der Waals surface area contributed by atoms with Crippen molar-refractivity contribution in [2.24, 2.45) is 0 Å². The fourth-order valence-corrected chi connectivity index (χ4v) is 3.40. The van der Waals surface area contributed by atoms with Crippen molar-refractivity contribution < 1.29 is 22.7 Å². The fraction of sp³-hybridized carbons (Fsp3) is 0.412. The van der Waals surface area contributed by atoms with Gasteiger partial charge in [0.25, 0.3) is 5.91 Å². The minimum atomic E-state index is -3.72. The Balaban J connectivity index is 2.00. The summed E-state index contributed by atoms with van der Waals surface area (Å²) >= 11 is 0. The number of hydrogen-bond acceptors (Lipinski definition) is 5. The maximum Gasteiger partial charge on any atom is 0.338 e. The summed E-state index contributed by atoms with van der Waals surface area (Å²) in [5.74, 6) is 1.28. The number of benzene rings is 1. The molecule has 1 atom stereocenters. The molecule has 1 fully saturated rings. The Morgan fingerprint density at radius 3 is 2.44 bits per heavy atom. The number of sulfonamides is 1. The molecule has 0 spiro atoms. The lowest BCUT2D eigenvalue weighted by atomic mass is 10.2. The average molecular weight is 364 g/mol. The molecular formula is C17H20N2O5S. The van der Waals surface area contributed by atoms with E-state index in [4.69, 9.17) is 11.2 Å². The van der Waals surface area contributed by atoms with Gasteiger partial charge in [-0.25, -0.2) is 13.2 Å². The van der Waals surface area contributed by atoms with E-state index in [0.29, 0.717) is 13.1 Å². The van der Waals surface area contributed by atoms with Gasteiger partial charge in [-0.3, -0.25) is 4.79 Å². The molecular weight excluding hydrogens is 344 g/mol. The average Bonchev–Trinajstić information content (AvgIpc) is 3.14. The Labute approximate surface area is 147 Å². The first-order chi connectivity index (χ1) is 11.8. The molecule has 8 heteroatoms. The SMILES string of the molecule is C#CCNS(=O)(=O)c1ccc(C(=O)OC(C)C(=O)N2CCCC2)cc1. The third kappa shape index (κ3) is 4.81. The summed E-state index contributed by atoms with van der Waals surface area (Å²) in [7, 11) is -3.72. The number of rotatable bonds is 6. The van der Waals surface area contributed by atoms with Crippen LogP contribution >= 0.6 is 0 Å². The molecule has 0 aliphatic carbocycles. The molecule has 1 aliphatic heterocycles. The largest absolute Gasteiger partial charge is 0.449 e. The minimum Gasteiger partial charge on any atom is -0.449 e. The quantitative estimate of drug-likeness (QED) is 0.594. The normalized spacial score (nSPS) is 15.4. The van der Waals surface area contributed by atoms with Crippen LogP contribution in [0.25, 0.3) is 0 Å². The van der Waals surface area contributed by atoms with Gasteiger partial charge in [0, 0.05) is 13.1 Å². The van der Waals surface area contributed by atoms with Crippen LogP contribution in [0.2, 0.25) is 0 Å². The topological polar surface area (TPSA) is 92.8 Å². The fourth-order valence-electron chi connectivity index (χ4n) is 2.46. The van der Waals surface area contributed by atoms with Crippen molar-refractivity contribution in [1.82, 2.24) is 9.62 Å². The molecule has 0 aromatic heterocycles. The molecule has 0 radical (unpaired) electrons. The monoisotopic (exact) mass is 364 g/mol. The molecule has 1 heterocycles. The summed E-state index contributed by atoms with van der Waals surface area (Å²) in [6.07, 6.45) is 6.05. The first-order valence-electron chi connectivity index (χ1n) is 7.88. The van der Waals surface area contributed by atoms with E-state index in [2.05, 4.69) is 10.6 Å². The molecule has 1 N–H and O–H groups in total. The Morgan fingerprint density at radius 1 is 1.28 bits per heavy atom. The molecule has 2 rings (SSSR count). The Hall–Kier alpha value is -2.37. The lowest BCUT2D eigenvalue weighted by Gasteiger charge is -2.20. The van der Waals surface area contributed by atoms with Gasteiger partial charge in [0.2, 0.25) is 10.0 Å². The predicted octanol–water partition coefficient (Wildman–Crippen LogP) is 0.766. The molecule has 1 aliphatic rings. The zero-order valence-electron chi connectivity index (χ0n) is 13.9. The Bertz CT molecular complexity index is 774. The van der Waals surface area contributed by atoms with Crippen molar-refractivity contribution in [3.63, 3.8) is 0 Å². The molecule has 1 unspecified atom stereocenters. The summed E-state index contributed by atoms with van der Waals surface area (Å²) in [5, 5.41) is 0. The summed E-state index contributed by atoms with van der Waals surface area (Å²) in [4.78, 5) is 25.9. The van der Waals surface area contributed by atoms with Crippen molar-refractivity contribution in [2.45, 2.75) is 30.8 Å². The van der Waals surface area contributed by atoms with Crippen LogP contribution in [0.4, 0.5) is 0 Å². The maximum absolute atomic E-state index is 12.1. The number of hydrogen-bond donors (Lipinski definition) is 1. The van der Waals surface area contributed by atoms with Gasteiger partial charge in [-0.2, -0.15) is 4.72 Å². The number of amides is 1. The van der Waals surface area contributed by atoms with Crippen LogP contribution in [0, 0.1) is 12.3 Å². The lowest BCUT2D eigenvalue weighted by Crippen LogP contribution is -2.38. The van der Waals surface area contributed by atoms with E-state index < -0.39 is 22.1 Å². The highest BCUT2D eigenvalue weighted by atomic mass is 32.2. The second-order valence-corrected chi connectivity index (χ2v) is 7.40. The Morgan fingerprint density at radius 2 is 1.88 bits per heavy atom. The van der Waals surface area contributed by atoms with Gasteiger partial charge in [-0.1, -0.05) is 5.92 Å². The molecule has 1 aromatic carbocycles. The van der Waals surface area contributed by atoms with Gasteiger partial charge in [-0.15, -0.1) is 6.42 Å². The maximum atomic E-state index is 12.1. The van der Waals surface area contributed by atoms with Crippen molar-refractivity contribution in [1.29, 1.82) is 0 Å². The number of likely N-dealkylation sites (tertiary alicyclic amines) is 1. The van der Waals surface area contributed by atoms with E-state index >= 15 is 0 Å². The van der Waals surface area contributed by atoms with Crippen LogP contribution in [-0.2, 0) is 19.6 Å². The Kier molecular flexibility index (Phi) is 6.17. The van der Waals surface area contributed by atoms with E-state index in [1.54, 1.807) is 4.90 Å².